The van der Waals surface area contributed by atoms with Crippen LogP contribution >= 0.6 is 0 Å². The third-order valence-electron chi connectivity index (χ3n) is 4.02. The van der Waals surface area contributed by atoms with Crippen molar-refractivity contribution in [3.63, 3.8) is 0 Å². The predicted octanol–water partition coefficient (Wildman–Crippen LogP) is 3.99. The highest BCUT2D eigenvalue weighted by molar-refractivity contribution is 5.98. The lowest BCUT2D eigenvalue weighted by Gasteiger charge is -2.26. The number of nitrogens with one attached hydrogen (secondary N) is 1. The van der Waals surface area contributed by atoms with E-state index in [-0.39, 0.29) is 11.8 Å². The highest BCUT2D eigenvalue weighted by Gasteiger charge is 2.21. The molecular weight excluding hydrogens is 246 g/mol. The van der Waals surface area contributed by atoms with Crippen LogP contribution in [-0.2, 0) is 6.42 Å². The molecule has 1 atom stereocenters. The van der Waals surface area contributed by atoms with E-state index in [1.54, 1.807) is 0 Å². The maximum absolute atomic E-state index is 12.4. The van der Waals surface area contributed by atoms with Crippen molar-refractivity contribution in [3.05, 3.63) is 65.2 Å². The van der Waals surface area contributed by atoms with Crippen LogP contribution in [0.2, 0.25) is 0 Å². The molecule has 1 aliphatic heterocycles. The van der Waals surface area contributed by atoms with Crippen molar-refractivity contribution in [2.75, 3.05) is 5.32 Å². The zero-order valence-electron chi connectivity index (χ0n) is 11.7. The minimum absolute atomic E-state index is 0.236. The fourth-order valence-electron chi connectivity index (χ4n) is 2.87. The Morgan fingerprint density at radius 3 is 2.75 bits per heavy atom. The average molecular weight is 265 g/mol. The third-order valence-corrected chi connectivity index (χ3v) is 4.02. The first kappa shape index (κ1) is 12.9. The first-order valence-electron chi connectivity index (χ1n) is 7.17. The van der Waals surface area contributed by atoms with Crippen molar-refractivity contribution in [2.45, 2.75) is 32.2 Å². The number of benzene rings is 2. The van der Waals surface area contributed by atoms with Crippen LogP contribution in [0.5, 0.6) is 0 Å². The number of carbonyl (C=O) groups is 1. The highest BCUT2D eigenvalue weighted by atomic mass is 16.1. The SMILES string of the molecule is Cc1ccccc1C(=O)C[C@H]1CCc2ccccc2N1. The van der Waals surface area contributed by atoms with Crippen LogP contribution in [0, 0.1) is 6.92 Å². The maximum Gasteiger partial charge on any atom is 0.165 e. The van der Waals surface area contributed by atoms with Gasteiger partial charge in [-0.05, 0) is 37.0 Å². The summed E-state index contributed by atoms with van der Waals surface area (Å²) in [6.45, 7) is 2.00. The zero-order valence-corrected chi connectivity index (χ0v) is 11.7. The monoisotopic (exact) mass is 265 g/mol. The second kappa shape index (κ2) is 5.49. The summed E-state index contributed by atoms with van der Waals surface area (Å²) >= 11 is 0. The molecule has 0 unspecified atom stereocenters. The van der Waals surface area contributed by atoms with Gasteiger partial charge in [0.15, 0.2) is 5.78 Å². The summed E-state index contributed by atoms with van der Waals surface area (Å²) in [6, 6.07) is 16.4. The van der Waals surface area contributed by atoms with Gasteiger partial charge in [-0.3, -0.25) is 4.79 Å². The average Bonchev–Trinajstić information content (AvgIpc) is 2.47. The predicted molar refractivity (Wildman–Crippen MR) is 82.3 cm³/mol. The van der Waals surface area contributed by atoms with Crippen molar-refractivity contribution in [1.82, 2.24) is 0 Å². The molecule has 0 bridgehead atoms. The van der Waals surface area contributed by atoms with E-state index in [0.717, 1.165) is 24.0 Å². The molecule has 0 radical (unpaired) electrons. The Morgan fingerprint density at radius 2 is 1.90 bits per heavy atom. The molecule has 20 heavy (non-hydrogen) atoms. The van der Waals surface area contributed by atoms with Crippen molar-refractivity contribution >= 4 is 11.5 Å². The molecule has 0 fully saturated rings. The van der Waals surface area contributed by atoms with E-state index in [0.29, 0.717) is 6.42 Å². The molecule has 2 aromatic rings. The quantitative estimate of drug-likeness (QED) is 0.850. The number of anilines is 1. The molecule has 102 valence electrons. The summed E-state index contributed by atoms with van der Waals surface area (Å²) in [5.41, 5.74) is 4.45. The Hall–Kier alpha value is -2.09. The summed E-state index contributed by atoms with van der Waals surface area (Å²) in [7, 11) is 0. The number of hydrogen-bond acceptors (Lipinski definition) is 2. The molecule has 0 spiro atoms. The molecule has 2 heteroatoms. The summed E-state index contributed by atoms with van der Waals surface area (Å²) in [4.78, 5) is 12.4. The Kier molecular flexibility index (Phi) is 3.55. The van der Waals surface area contributed by atoms with Gasteiger partial charge in [0, 0.05) is 23.7 Å². The lowest BCUT2D eigenvalue weighted by atomic mass is 9.92. The topological polar surface area (TPSA) is 29.1 Å². The van der Waals surface area contributed by atoms with Crippen LogP contribution in [0.4, 0.5) is 5.69 Å². The van der Waals surface area contributed by atoms with Crippen LogP contribution in [0.1, 0.15) is 34.3 Å². The van der Waals surface area contributed by atoms with Gasteiger partial charge in [0.1, 0.15) is 0 Å². The highest BCUT2D eigenvalue weighted by Crippen LogP contribution is 2.26. The number of ketones is 1. The van der Waals surface area contributed by atoms with Crippen LogP contribution in [0.15, 0.2) is 48.5 Å². The van der Waals surface area contributed by atoms with Crippen molar-refractivity contribution < 1.29 is 4.79 Å². The van der Waals surface area contributed by atoms with Gasteiger partial charge in [0.05, 0.1) is 0 Å². The number of para-hydroxylation sites is 1. The summed E-state index contributed by atoms with van der Waals surface area (Å²) in [5, 5.41) is 3.50. The van der Waals surface area contributed by atoms with E-state index < -0.39 is 0 Å². The summed E-state index contributed by atoms with van der Waals surface area (Å²) in [6.07, 6.45) is 2.64. The van der Waals surface area contributed by atoms with Crippen LogP contribution < -0.4 is 5.32 Å². The van der Waals surface area contributed by atoms with E-state index in [1.165, 1.54) is 11.3 Å². The molecule has 0 aliphatic carbocycles. The number of carbonyl (C=O) groups excluding carboxylic acids is 1. The standard InChI is InChI=1S/C18H19NO/c1-13-6-2-4-8-16(13)18(20)12-15-11-10-14-7-3-5-9-17(14)19-15/h2-9,15,19H,10-12H2,1H3/t15-/m1/s1. The molecule has 0 aromatic heterocycles. The zero-order chi connectivity index (χ0) is 13.9. The van der Waals surface area contributed by atoms with Gasteiger partial charge in [0.2, 0.25) is 0 Å². The van der Waals surface area contributed by atoms with Gasteiger partial charge in [-0.1, -0.05) is 42.5 Å². The largest absolute Gasteiger partial charge is 0.382 e. The fraction of sp³-hybridized carbons (Fsp3) is 0.278. The second-order valence-electron chi connectivity index (χ2n) is 5.48. The first-order valence-corrected chi connectivity index (χ1v) is 7.17. The Bertz CT molecular complexity index is 633. The van der Waals surface area contributed by atoms with Crippen LogP contribution in [0.3, 0.4) is 0 Å². The number of fused-ring (bicyclic) bond motifs is 1. The van der Waals surface area contributed by atoms with Gasteiger partial charge < -0.3 is 5.32 Å². The number of hydrogen-bond donors (Lipinski definition) is 1. The van der Waals surface area contributed by atoms with Gasteiger partial charge in [-0.2, -0.15) is 0 Å². The molecular formula is C18H19NO. The molecule has 0 saturated heterocycles. The normalized spacial score (nSPS) is 17.1. The molecule has 0 saturated carbocycles. The van der Waals surface area contributed by atoms with Crippen molar-refractivity contribution in [2.24, 2.45) is 0 Å². The van der Waals surface area contributed by atoms with Gasteiger partial charge in [-0.25, -0.2) is 0 Å². The van der Waals surface area contributed by atoms with Crippen LogP contribution in [-0.4, -0.2) is 11.8 Å². The first-order chi connectivity index (χ1) is 9.74. The van der Waals surface area contributed by atoms with Gasteiger partial charge in [-0.15, -0.1) is 0 Å². The minimum atomic E-state index is 0.236. The van der Waals surface area contributed by atoms with E-state index in [1.807, 2.05) is 37.3 Å². The molecule has 3 rings (SSSR count). The molecule has 2 aromatic carbocycles. The molecule has 0 amide bonds. The molecule has 1 N–H and O–H groups in total. The summed E-state index contributed by atoms with van der Waals surface area (Å²) < 4.78 is 0. The number of Topliss-reactive ketones (excluding diaryl/α,β-unsaturated/α-hetero) is 1. The molecule has 1 aliphatic rings. The van der Waals surface area contributed by atoms with Gasteiger partial charge in [0.25, 0.3) is 0 Å². The lowest BCUT2D eigenvalue weighted by Crippen LogP contribution is -2.28. The second-order valence-corrected chi connectivity index (χ2v) is 5.48. The molecule has 2 nitrogen and oxygen atoms in total. The van der Waals surface area contributed by atoms with E-state index >= 15 is 0 Å². The van der Waals surface area contributed by atoms with Crippen LogP contribution in [0.25, 0.3) is 0 Å². The van der Waals surface area contributed by atoms with E-state index in [4.69, 9.17) is 0 Å². The molecule has 1 heterocycles. The van der Waals surface area contributed by atoms with E-state index in [2.05, 4.69) is 23.5 Å². The number of rotatable bonds is 3. The van der Waals surface area contributed by atoms with Crippen molar-refractivity contribution in [3.8, 4) is 0 Å². The third kappa shape index (κ3) is 2.60. The Morgan fingerprint density at radius 1 is 1.15 bits per heavy atom. The smallest absolute Gasteiger partial charge is 0.165 e. The fourth-order valence-corrected chi connectivity index (χ4v) is 2.87. The minimum Gasteiger partial charge on any atom is -0.382 e. The van der Waals surface area contributed by atoms with E-state index in [9.17, 15) is 4.79 Å². The van der Waals surface area contributed by atoms with Crippen molar-refractivity contribution in [1.29, 1.82) is 0 Å². The van der Waals surface area contributed by atoms with Gasteiger partial charge >= 0.3 is 0 Å². The maximum atomic E-state index is 12.4. The Balaban J connectivity index is 1.71. The lowest BCUT2D eigenvalue weighted by molar-refractivity contribution is 0.0974. The number of aryl methyl sites for hydroxylation is 2. The summed E-state index contributed by atoms with van der Waals surface area (Å²) in [5.74, 6) is 0.236. The Labute approximate surface area is 119 Å².